The van der Waals surface area contributed by atoms with Crippen LogP contribution >= 0.6 is 22.9 Å². The lowest BCUT2D eigenvalue weighted by Gasteiger charge is -2.24. The standard InChI is InChI=1S/C26H25ClN4OS/c27-20-9-4-8-19(12-20)13-26-29-21(17-33-26)14-25(32)30-23-10-5-11-24-22(23)15-28-31(24)16-18-6-2-1-3-7-18/h1-4,6-9,12,15,17,23H,5,10-11,13-14,16H2,(H,30,32). The summed E-state index contributed by atoms with van der Waals surface area (Å²) in [5.74, 6) is 0.00302. The van der Waals surface area contributed by atoms with Gasteiger partial charge in [0, 0.05) is 28.1 Å². The van der Waals surface area contributed by atoms with Crippen molar-refractivity contribution in [1.29, 1.82) is 0 Å². The molecule has 2 aromatic carbocycles. The van der Waals surface area contributed by atoms with Crippen LogP contribution in [0.25, 0.3) is 0 Å². The van der Waals surface area contributed by atoms with E-state index >= 15 is 0 Å². The van der Waals surface area contributed by atoms with Gasteiger partial charge in [-0.2, -0.15) is 5.10 Å². The molecule has 5 rings (SSSR count). The van der Waals surface area contributed by atoms with Crippen LogP contribution in [-0.2, 0) is 30.6 Å². The summed E-state index contributed by atoms with van der Waals surface area (Å²) in [7, 11) is 0. The zero-order chi connectivity index (χ0) is 22.6. The maximum Gasteiger partial charge on any atom is 0.226 e. The quantitative estimate of drug-likeness (QED) is 0.390. The number of nitrogens with one attached hydrogen (secondary N) is 1. The van der Waals surface area contributed by atoms with Gasteiger partial charge in [0.1, 0.15) is 0 Å². The van der Waals surface area contributed by atoms with Crippen molar-refractivity contribution >= 4 is 28.8 Å². The summed E-state index contributed by atoms with van der Waals surface area (Å²) in [6.07, 6.45) is 5.91. The molecule has 7 heteroatoms. The number of benzene rings is 2. The van der Waals surface area contributed by atoms with E-state index in [1.807, 2.05) is 54.0 Å². The van der Waals surface area contributed by atoms with Gasteiger partial charge in [-0.1, -0.05) is 54.1 Å². The van der Waals surface area contributed by atoms with Gasteiger partial charge in [-0.3, -0.25) is 9.48 Å². The van der Waals surface area contributed by atoms with Gasteiger partial charge in [0.15, 0.2) is 0 Å². The van der Waals surface area contributed by atoms with Crippen molar-refractivity contribution in [2.24, 2.45) is 0 Å². The van der Waals surface area contributed by atoms with E-state index < -0.39 is 0 Å². The predicted octanol–water partition coefficient (Wildman–Crippen LogP) is 5.37. The van der Waals surface area contributed by atoms with Crippen molar-refractivity contribution < 1.29 is 4.79 Å². The first-order valence-corrected chi connectivity index (χ1v) is 12.5. The molecule has 1 amide bonds. The summed E-state index contributed by atoms with van der Waals surface area (Å²) >= 11 is 7.66. The summed E-state index contributed by atoms with van der Waals surface area (Å²) in [6, 6.07) is 18.2. The van der Waals surface area contributed by atoms with E-state index in [0.717, 1.165) is 59.1 Å². The second-order valence-electron chi connectivity index (χ2n) is 8.42. The van der Waals surface area contributed by atoms with Crippen LogP contribution in [0.1, 0.15) is 52.0 Å². The summed E-state index contributed by atoms with van der Waals surface area (Å²) < 4.78 is 2.07. The van der Waals surface area contributed by atoms with E-state index in [-0.39, 0.29) is 18.4 Å². The molecule has 0 fully saturated rings. The fraction of sp³-hybridized carbons (Fsp3) is 0.269. The fourth-order valence-electron chi connectivity index (χ4n) is 4.40. The molecule has 1 unspecified atom stereocenters. The molecule has 0 radical (unpaired) electrons. The Morgan fingerprint density at radius 3 is 2.85 bits per heavy atom. The van der Waals surface area contributed by atoms with Gasteiger partial charge in [-0.25, -0.2) is 4.98 Å². The van der Waals surface area contributed by atoms with Crippen LogP contribution < -0.4 is 5.32 Å². The number of halogens is 1. The minimum Gasteiger partial charge on any atom is -0.349 e. The van der Waals surface area contributed by atoms with Crippen LogP contribution in [0.15, 0.2) is 66.2 Å². The number of fused-ring (bicyclic) bond motifs is 1. The van der Waals surface area contributed by atoms with Crippen LogP contribution in [0, 0.1) is 0 Å². The van der Waals surface area contributed by atoms with Crippen LogP contribution in [0.4, 0.5) is 0 Å². The maximum atomic E-state index is 12.8. The molecule has 0 spiro atoms. The van der Waals surface area contributed by atoms with E-state index in [2.05, 4.69) is 32.2 Å². The average Bonchev–Trinajstić information content (AvgIpc) is 3.42. The van der Waals surface area contributed by atoms with E-state index in [1.54, 1.807) is 11.3 Å². The maximum absolute atomic E-state index is 12.8. The number of aromatic nitrogens is 3. The van der Waals surface area contributed by atoms with Gasteiger partial charge in [0.05, 0.1) is 35.9 Å². The number of hydrogen-bond donors (Lipinski definition) is 1. The minimum atomic E-state index is 0.00302. The summed E-state index contributed by atoms with van der Waals surface area (Å²) in [5.41, 5.74) is 5.53. The zero-order valence-corrected chi connectivity index (χ0v) is 19.8. The third kappa shape index (κ3) is 5.34. The van der Waals surface area contributed by atoms with E-state index in [1.165, 1.54) is 11.3 Å². The third-order valence-corrected chi connectivity index (χ3v) is 7.09. The highest BCUT2D eigenvalue weighted by molar-refractivity contribution is 7.09. The number of carbonyl (C=O) groups is 1. The molecule has 0 aliphatic heterocycles. The van der Waals surface area contributed by atoms with E-state index in [9.17, 15) is 4.79 Å². The molecule has 168 valence electrons. The monoisotopic (exact) mass is 476 g/mol. The largest absolute Gasteiger partial charge is 0.349 e. The van der Waals surface area contributed by atoms with Crippen molar-refractivity contribution in [3.63, 3.8) is 0 Å². The predicted molar refractivity (Wildman–Crippen MR) is 132 cm³/mol. The van der Waals surface area contributed by atoms with Crippen molar-refractivity contribution in [1.82, 2.24) is 20.1 Å². The van der Waals surface area contributed by atoms with Gasteiger partial charge in [-0.15, -0.1) is 11.3 Å². The van der Waals surface area contributed by atoms with Crippen LogP contribution in [0.5, 0.6) is 0 Å². The molecule has 1 atom stereocenters. The minimum absolute atomic E-state index is 0.00302. The average molecular weight is 477 g/mol. The first-order valence-electron chi connectivity index (χ1n) is 11.2. The first-order chi connectivity index (χ1) is 16.1. The summed E-state index contributed by atoms with van der Waals surface area (Å²) in [4.78, 5) is 17.5. The van der Waals surface area contributed by atoms with Gasteiger partial charge < -0.3 is 5.32 Å². The lowest BCUT2D eigenvalue weighted by molar-refractivity contribution is -0.121. The van der Waals surface area contributed by atoms with E-state index in [4.69, 9.17) is 11.6 Å². The molecule has 0 bridgehead atoms. The Morgan fingerprint density at radius 1 is 1.15 bits per heavy atom. The normalized spacial score (nSPS) is 15.2. The van der Waals surface area contributed by atoms with Gasteiger partial charge >= 0.3 is 0 Å². The zero-order valence-electron chi connectivity index (χ0n) is 18.2. The van der Waals surface area contributed by atoms with Crippen LogP contribution in [0.2, 0.25) is 5.02 Å². The Hall–Kier alpha value is -2.96. The Kier molecular flexibility index (Phi) is 6.55. The molecular formula is C26H25ClN4OS. The molecule has 1 N–H and O–H groups in total. The summed E-state index contributed by atoms with van der Waals surface area (Å²) in [6.45, 7) is 0.755. The molecule has 1 aliphatic carbocycles. The third-order valence-electron chi connectivity index (χ3n) is 5.96. The molecule has 2 heterocycles. The van der Waals surface area contributed by atoms with Crippen molar-refractivity contribution in [3.8, 4) is 0 Å². The highest BCUT2D eigenvalue weighted by atomic mass is 35.5. The highest BCUT2D eigenvalue weighted by Crippen LogP contribution is 2.30. The molecule has 0 saturated carbocycles. The number of rotatable bonds is 7. The van der Waals surface area contributed by atoms with E-state index in [0.29, 0.717) is 0 Å². The highest BCUT2D eigenvalue weighted by Gasteiger charge is 2.26. The van der Waals surface area contributed by atoms with Crippen LogP contribution in [-0.4, -0.2) is 20.7 Å². The topological polar surface area (TPSA) is 59.8 Å². The number of thiazole rings is 1. The Balaban J connectivity index is 1.21. The Labute approximate surface area is 202 Å². The Morgan fingerprint density at radius 2 is 2.00 bits per heavy atom. The van der Waals surface area contributed by atoms with Crippen molar-refractivity contribution in [2.45, 2.75) is 44.7 Å². The van der Waals surface area contributed by atoms with Crippen molar-refractivity contribution in [3.05, 3.63) is 104 Å². The second kappa shape index (κ2) is 9.89. The molecule has 4 aromatic rings. The van der Waals surface area contributed by atoms with Gasteiger partial charge in [-0.05, 0) is 42.5 Å². The van der Waals surface area contributed by atoms with Gasteiger partial charge in [0.2, 0.25) is 5.91 Å². The molecule has 2 aromatic heterocycles. The fourth-order valence-corrected chi connectivity index (χ4v) is 5.44. The smallest absolute Gasteiger partial charge is 0.226 e. The lowest BCUT2D eigenvalue weighted by atomic mass is 9.92. The number of amides is 1. The lowest BCUT2D eigenvalue weighted by Crippen LogP contribution is -2.32. The number of hydrogen-bond acceptors (Lipinski definition) is 4. The first kappa shape index (κ1) is 21.9. The number of nitrogens with zero attached hydrogens (tertiary/aromatic N) is 3. The van der Waals surface area contributed by atoms with Crippen LogP contribution in [0.3, 0.4) is 0 Å². The molecule has 33 heavy (non-hydrogen) atoms. The molecule has 5 nitrogen and oxygen atoms in total. The Bertz CT molecular complexity index is 1250. The summed E-state index contributed by atoms with van der Waals surface area (Å²) in [5, 5.41) is 11.5. The van der Waals surface area contributed by atoms with Crippen molar-refractivity contribution in [2.75, 3.05) is 0 Å². The molecular weight excluding hydrogens is 452 g/mol. The SMILES string of the molecule is O=C(Cc1csc(Cc2cccc(Cl)c2)n1)NC1CCCc2c1cnn2Cc1ccccc1. The van der Waals surface area contributed by atoms with Gasteiger partial charge in [0.25, 0.3) is 0 Å². The molecule has 0 saturated heterocycles. The molecule has 1 aliphatic rings. The second-order valence-corrected chi connectivity index (χ2v) is 9.80. The number of carbonyl (C=O) groups excluding carboxylic acids is 1.